The first-order chi connectivity index (χ1) is 10.1. The van der Waals surface area contributed by atoms with Gasteiger partial charge in [0.15, 0.2) is 0 Å². The number of amides is 1. The van der Waals surface area contributed by atoms with Crippen molar-refractivity contribution in [2.24, 2.45) is 0 Å². The van der Waals surface area contributed by atoms with Gasteiger partial charge in [-0.1, -0.05) is 22.0 Å². The number of benzene rings is 2. The van der Waals surface area contributed by atoms with Crippen molar-refractivity contribution < 1.29 is 18.3 Å². The summed E-state index contributed by atoms with van der Waals surface area (Å²) in [5.41, 5.74) is 2.81. The molecule has 0 aromatic heterocycles. The second-order valence-electron chi connectivity index (χ2n) is 4.34. The Labute approximate surface area is 127 Å². The van der Waals surface area contributed by atoms with Gasteiger partial charge >= 0.3 is 6.09 Å². The third kappa shape index (κ3) is 2.62. The van der Waals surface area contributed by atoms with Crippen LogP contribution in [0.15, 0.2) is 46.9 Å². The van der Waals surface area contributed by atoms with Crippen LogP contribution >= 0.6 is 15.9 Å². The molecular formula is C14H9BrF2N2O2. The number of hydrogen-bond acceptors (Lipinski definition) is 3. The molecule has 0 bridgehead atoms. The van der Waals surface area contributed by atoms with Crippen molar-refractivity contribution in [2.45, 2.75) is 6.23 Å². The second-order valence-corrected chi connectivity index (χ2v) is 5.26. The van der Waals surface area contributed by atoms with Gasteiger partial charge in [-0.3, -0.25) is 0 Å². The molecule has 1 N–H and O–H groups in total. The van der Waals surface area contributed by atoms with Crippen LogP contribution in [-0.4, -0.2) is 6.09 Å². The molecule has 108 valence electrons. The summed E-state index contributed by atoms with van der Waals surface area (Å²) in [6.45, 7) is 0. The Morgan fingerprint density at radius 3 is 2.33 bits per heavy atom. The molecule has 2 aromatic rings. The van der Waals surface area contributed by atoms with Crippen molar-refractivity contribution in [1.82, 2.24) is 5.43 Å². The van der Waals surface area contributed by atoms with E-state index in [1.165, 1.54) is 6.07 Å². The Hall–Kier alpha value is -1.99. The number of rotatable bonds is 2. The SMILES string of the molecule is O=C1OC(c2c(F)cccc2F)NN1c1ccc(Br)cc1. The zero-order chi connectivity index (χ0) is 15.0. The first kappa shape index (κ1) is 14.0. The molecule has 1 unspecified atom stereocenters. The van der Waals surface area contributed by atoms with E-state index in [0.29, 0.717) is 5.69 Å². The van der Waals surface area contributed by atoms with Crippen molar-refractivity contribution in [3.05, 3.63) is 64.1 Å². The molecule has 1 amide bonds. The molecule has 7 heteroatoms. The lowest BCUT2D eigenvalue weighted by Gasteiger charge is -2.14. The number of carbonyl (C=O) groups excluding carboxylic acids is 1. The first-order valence-electron chi connectivity index (χ1n) is 6.02. The minimum Gasteiger partial charge on any atom is -0.423 e. The normalized spacial score (nSPS) is 18.0. The van der Waals surface area contributed by atoms with Gasteiger partial charge in [-0.05, 0) is 36.4 Å². The highest BCUT2D eigenvalue weighted by Crippen LogP contribution is 2.29. The van der Waals surface area contributed by atoms with Crippen LogP contribution in [-0.2, 0) is 4.74 Å². The van der Waals surface area contributed by atoms with E-state index in [2.05, 4.69) is 21.4 Å². The maximum absolute atomic E-state index is 13.7. The van der Waals surface area contributed by atoms with Gasteiger partial charge in [0, 0.05) is 4.47 Å². The molecule has 2 aromatic carbocycles. The molecule has 0 radical (unpaired) electrons. The molecule has 1 heterocycles. The smallest absolute Gasteiger partial charge is 0.423 e. The molecule has 1 saturated heterocycles. The molecule has 1 aliphatic rings. The molecule has 0 saturated carbocycles. The second kappa shape index (κ2) is 5.42. The van der Waals surface area contributed by atoms with Crippen molar-refractivity contribution in [1.29, 1.82) is 0 Å². The summed E-state index contributed by atoms with van der Waals surface area (Å²) in [4.78, 5) is 11.9. The lowest BCUT2D eigenvalue weighted by molar-refractivity contribution is 0.125. The monoisotopic (exact) mass is 354 g/mol. The van der Waals surface area contributed by atoms with Gasteiger partial charge < -0.3 is 4.74 Å². The lowest BCUT2D eigenvalue weighted by Crippen LogP contribution is -2.34. The Morgan fingerprint density at radius 1 is 1.10 bits per heavy atom. The number of nitrogens with zero attached hydrogens (tertiary/aromatic N) is 1. The van der Waals surface area contributed by atoms with E-state index < -0.39 is 24.0 Å². The van der Waals surface area contributed by atoms with Crippen LogP contribution in [0.4, 0.5) is 19.3 Å². The summed E-state index contributed by atoms with van der Waals surface area (Å²) >= 11 is 3.28. The molecule has 0 aliphatic carbocycles. The van der Waals surface area contributed by atoms with Crippen LogP contribution in [0.3, 0.4) is 0 Å². The fourth-order valence-electron chi connectivity index (χ4n) is 2.00. The fourth-order valence-corrected chi connectivity index (χ4v) is 2.27. The van der Waals surface area contributed by atoms with E-state index in [1.807, 2.05) is 0 Å². The van der Waals surface area contributed by atoms with Crippen LogP contribution in [0, 0.1) is 11.6 Å². The summed E-state index contributed by atoms with van der Waals surface area (Å²) in [6.07, 6.45) is -1.94. The first-order valence-corrected chi connectivity index (χ1v) is 6.82. The van der Waals surface area contributed by atoms with E-state index in [4.69, 9.17) is 4.74 Å². The molecule has 3 rings (SSSR count). The van der Waals surface area contributed by atoms with Crippen LogP contribution < -0.4 is 10.4 Å². The summed E-state index contributed by atoms with van der Waals surface area (Å²) in [7, 11) is 0. The number of hydrogen-bond donors (Lipinski definition) is 1. The van der Waals surface area contributed by atoms with E-state index in [0.717, 1.165) is 21.6 Å². The van der Waals surface area contributed by atoms with E-state index in [1.54, 1.807) is 24.3 Å². The fraction of sp³-hybridized carbons (Fsp3) is 0.0714. The Morgan fingerprint density at radius 2 is 1.71 bits per heavy atom. The molecule has 1 fully saturated rings. The average Bonchev–Trinajstić information content (AvgIpc) is 2.81. The Balaban J connectivity index is 1.89. The lowest BCUT2D eigenvalue weighted by atomic mass is 10.2. The van der Waals surface area contributed by atoms with Crippen molar-refractivity contribution in [2.75, 3.05) is 5.01 Å². The van der Waals surface area contributed by atoms with E-state index >= 15 is 0 Å². The maximum atomic E-state index is 13.7. The van der Waals surface area contributed by atoms with Gasteiger partial charge in [-0.2, -0.15) is 5.43 Å². The largest absolute Gasteiger partial charge is 0.431 e. The topological polar surface area (TPSA) is 41.6 Å². The Bertz CT molecular complexity index is 674. The third-order valence-electron chi connectivity index (χ3n) is 2.99. The highest BCUT2D eigenvalue weighted by atomic mass is 79.9. The Kier molecular flexibility index (Phi) is 3.60. The number of cyclic esters (lactones) is 1. The molecular weight excluding hydrogens is 346 g/mol. The number of hydrazine groups is 1. The van der Waals surface area contributed by atoms with Crippen molar-refractivity contribution in [3.63, 3.8) is 0 Å². The number of carbonyl (C=O) groups is 1. The van der Waals surface area contributed by atoms with Gasteiger partial charge in [-0.15, -0.1) is 0 Å². The van der Waals surface area contributed by atoms with Crippen LogP contribution in [0.25, 0.3) is 0 Å². The number of nitrogens with one attached hydrogen (secondary N) is 1. The predicted octanol–water partition coefficient (Wildman–Crippen LogP) is 3.89. The number of halogens is 3. The third-order valence-corrected chi connectivity index (χ3v) is 3.52. The van der Waals surface area contributed by atoms with Gasteiger partial charge in [0.25, 0.3) is 0 Å². The summed E-state index contributed by atoms with van der Waals surface area (Å²) in [6, 6.07) is 10.3. The molecule has 21 heavy (non-hydrogen) atoms. The van der Waals surface area contributed by atoms with Gasteiger partial charge in [-0.25, -0.2) is 18.6 Å². The van der Waals surface area contributed by atoms with Gasteiger partial charge in [0.2, 0.25) is 6.23 Å². The summed E-state index contributed by atoms with van der Waals surface area (Å²) in [5, 5.41) is 1.10. The average molecular weight is 355 g/mol. The minimum atomic E-state index is -1.21. The van der Waals surface area contributed by atoms with Crippen LogP contribution in [0.5, 0.6) is 0 Å². The van der Waals surface area contributed by atoms with Gasteiger partial charge in [0.05, 0.1) is 11.3 Å². The zero-order valence-corrected chi connectivity index (χ0v) is 12.1. The summed E-state index contributed by atoms with van der Waals surface area (Å²) in [5.74, 6) is -1.56. The van der Waals surface area contributed by atoms with Crippen LogP contribution in [0.1, 0.15) is 11.8 Å². The number of ether oxygens (including phenoxy) is 1. The van der Waals surface area contributed by atoms with Crippen molar-refractivity contribution in [3.8, 4) is 0 Å². The zero-order valence-electron chi connectivity index (χ0n) is 10.5. The predicted molar refractivity (Wildman–Crippen MR) is 75.3 cm³/mol. The molecule has 0 spiro atoms. The highest BCUT2D eigenvalue weighted by Gasteiger charge is 2.36. The molecule has 1 aliphatic heterocycles. The molecule has 4 nitrogen and oxygen atoms in total. The van der Waals surface area contributed by atoms with E-state index in [-0.39, 0.29) is 5.56 Å². The maximum Gasteiger partial charge on any atom is 0.431 e. The minimum absolute atomic E-state index is 0.328. The molecule has 1 atom stereocenters. The highest BCUT2D eigenvalue weighted by molar-refractivity contribution is 9.10. The van der Waals surface area contributed by atoms with Crippen LogP contribution in [0.2, 0.25) is 0 Å². The standard InChI is InChI=1S/C14H9BrF2N2O2/c15-8-4-6-9(7-5-8)19-14(20)21-13(18-19)12-10(16)2-1-3-11(12)17/h1-7,13,18H. The van der Waals surface area contributed by atoms with Gasteiger partial charge in [0.1, 0.15) is 11.6 Å². The van der Waals surface area contributed by atoms with Crippen molar-refractivity contribution >= 4 is 27.7 Å². The summed E-state index contributed by atoms with van der Waals surface area (Å²) < 4.78 is 33.3. The number of anilines is 1. The van der Waals surface area contributed by atoms with E-state index in [9.17, 15) is 13.6 Å². The quantitative estimate of drug-likeness (QED) is 0.889.